The summed E-state index contributed by atoms with van der Waals surface area (Å²) in [7, 11) is 0. The first kappa shape index (κ1) is 15.2. The molecule has 1 atom stereocenters. The lowest BCUT2D eigenvalue weighted by atomic mass is 10.1. The molecule has 0 bridgehead atoms. The first-order chi connectivity index (χ1) is 7.28. The van der Waals surface area contributed by atoms with Crippen molar-refractivity contribution in [1.29, 1.82) is 0 Å². The fraction of sp³-hybridized carbons (Fsp3) is 0.818. The predicted octanol–water partition coefficient (Wildman–Crippen LogP) is 2.49. The van der Waals surface area contributed by atoms with E-state index in [0.29, 0.717) is 6.42 Å². The smallest absolute Gasteiger partial charge is 0.407 e. The van der Waals surface area contributed by atoms with Crippen molar-refractivity contribution >= 4 is 23.5 Å². The maximum Gasteiger partial charge on any atom is 0.407 e. The van der Waals surface area contributed by atoms with Gasteiger partial charge in [-0.05, 0) is 27.2 Å². The van der Waals surface area contributed by atoms with Crippen molar-refractivity contribution in [3.05, 3.63) is 0 Å². The molecular formula is C11H20ClNO3. The van der Waals surface area contributed by atoms with Crippen LogP contribution < -0.4 is 5.32 Å². The molecular weight excluding hydrogens is 230 g/mol. The Hall–Kier alpha value is -0.770. The van der Waals surface area contributed by atoms with Crippen molar-refractivity contribution < 1.29 is 14.3 Å². The highest BCUT2D eigenvalue weighted by molar-refractivity contribution is 6.27. The monoisotopic (exact) mass is 249 g/mol. The van der Waals surface area contributed by atoms with Gasteiger partial charge in [-0.2, -0.15) is 0 Å². The van der Waals surface area contributed by atoms with Gasteiger partial charge < -0.3 is 10.1 Å². The first-order valence-corrected chi connectivity index (χ1v) is 5.89. The van der Waals surface area contributed by atoms with Gasteiger partial charge in [-0.15, -0.1) is 11.6 Å². The number of ketones is 1. The number of Topliss-reactive ketones (excluding diaryl/α,β-unsaturated/α-hetero) is 1. The molecule has 0 saturated heterocycles. The lowest BCUT2D eigenvalue weighted by Gasteiger charge is -2.22. The Morgan fingerprint density at radius 3 is 2.31 bits per heavy atom. The number of nitrogens with one attached hydrogen (secondary N) is 1. The molecule has 0 rings (SSSR count). The third kappa shape index (κ3) is 7.51. The van der Waals surface area contributed by atoms with Gasteiger partial charge in [0.05, 0.1) is 5.88 Å². The second-order valence-corrected chi connectivity index (χ2v) is 4.90. The number of carbonyl (C=O) groups excluding carboxylic acids is 2. The summed E-state index contributed by atoms with van der Waals surface area (Å²) in [5, 5.41) is 2.65. The Labute approximate surface area is 102 Å². The van der Waals surface area contributed by atoms with E-state index in [9.17, 15) is 9.59 Å². The molecule has 0 aliphatic carbocycles. The van der Waals surface area contributed by atoms with Gasteiger partial charge in [-0.25, -0.2) is 4.79 Å². The Morgan fingerprint density at radius 1 is 1.38 bits per heavy atom. The summed E-state index contributed by atoms with van der Waals surface area (Å²) in [6, 6.07) is -0.207. The summed E-state index contributed by atoms with van der Waals surface area (Å²) in [5.41, 5.74) is -0.529. The van der Waals surface area contributed by atoms with Crippen LogP contribution in [0.4, 0.5) is 4.79 Å². The van der Waals surface area contributed by atoms with E-state index in [1.165, 1.54) is 0 Å². The molecule has 0 aromatic heterocycles. The van der Waals surface area contributed by atoms with Crippen LogP contribution in [0.2, 0.25) is 0 Å². The zero-order valence-corrected chi connectivity index (χ0v) is 11.1. The number of hydrogen-bond donors (Lipinski definition) is 1. The highest BCUT2D eigenvalue weighted by atomic mass is 35.5. The van der Waals surface area contributed by atoms with Gasteiger partial charge >= 0.3 is 6.09 Å². The van der Waals surface area contributed by atoms with Gasteiger partial charge in [0.1, 0.15) is 11.4 Å². The van der Waals surface area contributed by atoms with E-state index >= 15 is 0 Å². The van der Waals surface area contributed by atoms with E-state index in [1.54, 1.807) is 20.8 Å². The summed E-state index contributed by atoms with van der Waals surface area (Å²) >= 11 is 5.40. The molecule has 4 nitrogen and oxygen atoms in total. The predicted molar refractivity (Wildman–Crippen MR) is 63.8 cm³/mol. The number of amides is 1. The second kappa shape index (κ2) is 6.74. The van der Waals surface area contributed by atoms with Crippen molar-refractivity contribution in [2.24, 2.45) is 0 Å². The number of hydrogen-bond acceptors (Lipinski definition) is 3. The summed E-state index contributed by atoms with van der Waals surface area (Å²) in [5.74, 6) is -0.100. The Balaban J connectivity index is 4.12. The van der Waals surface area contributed by atoms with E-state index in [2.05, 4.69) is 5.32 Å². The van der Waals surface area contributed by atoms with Crippen LogP contribution in [0.5, 0.6) is 0 Å². The van der Waals surface area contributed by atoms with Crippen LogP contribution in [0.25, 0.3) is 0 Å². The highest BCUT2D eigenvalue weighted by Crippen LogP contribution is 2.08. The topological polar surface area (TPSA) is 55.4 Å². The van der Waals surface area contributed by atoms with Gasteiger partial charge in [0.15, 0.2) is 0 Å². The van der Waals surface area contributed by atoms with Crippen molar-refractivity contribution in [2.45, 2.75) is 52.2 Å². The number of alkyl halides is 1. The molecule has 0 heterocycles. The fourth-order valence-electron chi connectivity index (χ4n) is 1.10. The molecule has 94 valence electrons. The number of alkyl carbamates (subject to hydrolysis) is 1. The molecule has 0 radical (unpaired) electrons. The molecule has 0 saturated carbocycles. The molecule has 0 fully saturated rings. The maximum absolute atomic E-state index is 11.4. The van der Waals surface area contributed by atoms with Crippen LogP contribution >= 0.6 is 11.6 Å². The molecule has 0 aliphatic heterocycles. The average molecular weight is 250 g/mol. The molecule has 16 heavy (non-hydrogen) atoms. The van der Waals surface area contributed by atoms with Gasteiger partial charge in [0.2, 0.25) is 0 Å². The molecule has 1 unspecified atom stereocenters. The Morgan fingerprint density at radius 2 is 1.94 bits per heavy atom. The summed E-state index contributed by atoms with van der Waals surface area (Å²) < 4.78 is 5.09. The SMILES string of the molecule is CCC(CC(=O)CCl)NC(=O)OC(C)(C)C. The fourth-order valence-corrected chi connectivity index (χ4v) is 1.21. The van der Waals surface area contributed by atoms with Crippen LogP contribution in [0.15, 0.2) is 0 Å². The second-order valence-electron chi connectivity index (χ2n) is 4.63. The summed E-state index contributed by atoms with van der Waals surface area (Å²) in [4.78, 5) is 22.5. The standard InChI is InChI=1S/C11H20ClNO3/c1-5-8(6-9(14)7-12)13-10(15)16-11(2,3)4/h8H,5-7H2,1-4H3,(H,13,15). The minimum absolute atomic E-state index is 0.0213. The first-order valence-electron chi connectivity index (χ1n) is 5.35. The minimum atomic E-state index is -0.529. The van der Waals surface area contributed by atoms with Crippen LogP contribution in [0.1, 0.15) is 40.5 Å². The molecule has 0 aliphatic rings. The Bertz CT molecular complexity index is 248. The zero-order valence-electron chi connectivity index (χ0n) is 10.3. The molecule has 0 aromatic carbocycles. The van der Waals surface area contributed by atoms with Crippen molar-refractivity contribution in [3.63, 3.8) is 0 Å². The van der Waals surface area contributed by atoms with Gasteiger partial charge in [-0.3, -0.25) is 4.79 Å². The molecule has 1 amide bonds. The van der Waals surface area contributed by atoms with E-state index < -0.39 is 11.7 Å². The largest absolute Gasteiger partial charge is 0.444 e. The van der Waals surface area contributed by atoms with Crippen LogP contribution in [-0.2, 0) is 9.53 Å². The maximum atomic E-state index is 11.4. The molecule has 0 spiro atoms. The van der Waals surface area contributed by atoms with Gasteiger partial charge in [0, 0.05) is 12.5 Å². The molecule has 0 aromatic rings. The van der Waals surface area contributed by atoms with Gasteiger partial charge in [-0.1, -0.05) is 6.92 Å². The summed E-state index contributed by atoms with van der Waals surface area (Å²) in [6.07, 6.45) is 0.419. The number of halogens is 1. The number of ether oxygens (including phenoxy) is 1. The quantitative estimate of drug-likeness (QED) is 0.762. The van der Waals surface area contributed by atoms with Crippen LogP contribution in [0, 0.1) is 0 Å². The highest BCUT2D eigenvalue weighted by Gasteiger charge is 2.19. The molecule has 5 heteroatoms. The van der Waals surface area contributed by atoms with Crippen molar-refractivity contribution in [1.82, 2.24) is 5.32 Å². The van der Waals surface area contributed by atoms with Crippen molar-refractivity contribution in [3.8, 4) is 0 Å². The van der Waals surface area contributed by atoms with E-state index in [-0.39, 0.29) is 24.1 Å². The lowest BCUT2D eigenvalue weighted by Crippen LogP contribution is -2.40. The van der Waals surface area contributed by atoms with Gasteiger partial charge in [0.25, 0.3) is 0 Å². The van der Waals surface area contributed by atoms with Crippen LogP contribution in [-0.4, -0.2) is 29.4 Å². The van der Waals surface area contributed by atoms with Crippen molar-refractivity contribution in [2.75, 3.05) is 5.88 Å². The zero-order chi connectivity index (χ0) is 12.8. The van der Waals surface area contributed by atoms with E-state index in [1.807, 2.05) is 6.92 Å². The minimum Gasteiger partial charge on any atom is -0.444 e. The summed E-state index contributed by atoms with van der Waals surface area (Å²) in [6.45, 7) is 7.26. The normalized spacial score (nSPS) is 13.1. The van der Waals surface area contributed by atoms with E-state index in [4.69, 9.17) is 16.3 Å². The third-order valence-electron chi connectivity index (χ3n) is 1.84. The third-order valence-corrected chi connectivity index (χ3v) is 2.13. The van der Waals surface area contributed by atoms with E-state index in [0.717, 1.165) is 0 Å². The van der Waals surface area contributed by atoms with Crippen LogP contribution in [0.3, 0.4) is 0 Å². The lowest BCUT2D eigenvalue weighted by molar-refractivity contribution is -0.117. The number of rotatable bonds is 5. The average Bonchev–Trinajstić information content (AvgIpc) is 2.13. The number of carbonyl (C=O) groups is 2. The molecule has 1 N–H and O–H groups in total. The Kier molecular flexibility index (Phi) is 6.41.